The van der Waals surface area contributed by atoms with Gasteiger partial charge in [0.25, 0.3) is 0 Å². The summed E-state index contributed by atoms with van der Waals surface area (Å²) in [6, 6.07) is 8.52. The molecule has 8 heteroatoms. The van der Waals surface area contributed by atoms with Crippen LogP contribution in [0, 0.1) is 6.92 Å². The molecule has 1 unspecified atom stereocenters. The summed E-state index contributed by atoms with van der Waals surface area (Å²) in [6.07, 6.45) is 1.21. The summed E-state index contributed by atoms with van der Waals surface area (Å²) < 4.78 is 27.4. The molecule has 6 nitrogen and oxygen atoms in total. The Balaban J connectivity index is 0.00000625. The number of nitrogens with zero attached hydrogens (tertiary/aromatic N) is 1. The Hall–Kier alpha value is -0.870. The zero-order valence-corrected chi connectivity index (χ0v) is 19.3. The lowest BCUT2D eigenvalue weighted by Crippen LogP contribution is -2.39. The van der Waals surface area contributed by atoms with Gasteiger partial charge >= 0.3 is 0 Å². The average Bonchev–Trinajstić information content (AvgIpc) is 2.55. The molecule has 0 aliphatic rings. The van der Waals surface area contributed by atoms with E-state index in [-0.39, 0.29) is 36.3 Å². The first kappa shape index (κ1) is 25.1. The molecule has 0 radical (unpaired) electrons. The number of hydrogen-bond donors (Lipinski definition) is 2. The SMILES string of the molecule is CCNC(=NCC(C)c1ccc(C)cc1)NCCOCCS(C)(=O)=O.I. The molecule has 0 amide bonds. The standard InChI is InChI=1S/C18H31N3O3S.HI/c1-5-19-18(20-10-11-24-12-13-25(4,22)23)21-14-16(3)17-8-6-15(2)7-9-17;/h6-9,16H,5,10-14H2,1-4H3,(H2,19,20,21);1H. The van der Waals surface area contributed by atoms with Crippen molar-refractivity contribution in [3.63, 3.8) is 0 Å². The van der Waals surface area contributed by atoms with Gasteiger partial charge in [-0.3, -0.25) is 4.99 Å². The molecule has 0 saturated heterocycles. The summed E-state index contributed by atoms with van der Waals surface area (Å²) in [6.45, 7) is 8.96. The van der Waals surface area contributed by atoms with Gasteiger partial charge < -0.3 is 15.4 Å². The molecule has 0 aliphatic carbocycles. The lowest BCUT2D eigenvalue weighted by atomic mass is 10.0. The van der Waals surface area contributed by atoms with Crippen molar-refractivity contribution in [1.82, 2.24) is 10.6 Å². The third-order valence-corrected chi connectivity index (χ3v) is 4.56. The van der Waals surface area contributed by atoms with Gasteiger partial charge in [0.05, 0.1) is 19.0 Å². The number of hydrogen-bond acceptors (Lipinski definition) is 4. The van der Waals surface area contributed by atoms with Crippen LogP contribution in [0.2, 0.25) is 0 Å². The Morgan fingerprint density at radius 2 is 1.85 bits per heavy atom. The van der Waals surface area contributed by atoms with Gasteiger partial charge in [-0.05, 0) is 19.4 Å². The molecule has 1 aromatic carbocycles. The van der Waals surface area contributed by atoms with Crippen LogP contribution in [-0.4, -0.2) is 59.2 Å². The highest BCUT2D eigenvalue weighted by Gasteiger charge is 2.06. The van der Waals surface area contributed by atoms with E-state index in [1.165, 1.54) is 17.4 Å². The summed E-state index contributed by atoms with van der Waals surface area (Å²) in [5.41, 5.74) is 2.53. The summed E-state index contributed by atoms with van der Waals surface area (Å²) in [7, 11) is -2.97. The Morgan fingerprint density at radius 1 is 1.19 bits per heavy atom. The molecule has 0 aromatic heterocycles. The molecule has 0 saturated carbocycles. The van der Waals surface area contributed by atoms with Crippen molar-refractivity contribution >= 4 is 39.8 Å². The fourth-order valence-electron chi connectivity index (χ4n) is 2.12. The number of aliphatic imine (C=N–C) groups is 1. The average molecular weight is 497 g/mol. The summed E-state index contributed by atoms with van der Waals surface area (Å²) in [5.74, 6) is 1.13. The zero-order chi connectivity index (χ0) is 18.7. The Labute approximate surface area is 175 Å². The molecule has 26 heavy (non-hydrogen) atoms. The van der Waals surface area contributed by atoms with Gasteiger partial charge in [-0.15, -0.1) is 24.0 Å². The summed E-state index contributed by atoms with van der Waals surface area (Å²) >= 11 is 0. The van der Waals surface area contributed by atoms with Crippen LogP contribution >= 0.6 is 24.0 Å². The van der Waals surface area contributed by atoms with Crippen LogP contribution < -0.4 is 10.6 Å². The van der Waals surface area contributed by atoms with Crippen LogP contribution in [0.25, 0.3) is 0 Å². The minimum atomic E-state index is -2.97. The number of rotatable bonds is 10. The van der Waals surface area contributed by atoms with Crippen molar-refractivity contribution in [3.05, 3.63) is 35.4 Å². The monoisotopic (exact) mass is 497 g/mol. The van der Waals surface area contributed by atoms with Gasteiger partial charge in [0.1, 0.15) is 9.84 Å². The van der Waals surface area contributed by atoms with Crippen LogP contribution in [-0.2, 0) is 14.6 Å². The fourth-order valence-corrected chi connectivity index (χ4v) is 2.54. The maximum absolute atomic E-state index is 11.0. The zero-order valence-electron chi connectivity index (χ0n) is 16.1. The fraction of sp³-hybridized carbons (Fsp3) is 0.611. The molecule has 0 bridgehead atoms. The number of guanidine groups is 1. The molecule has 1 atom stereocenters. The number of aryl methyl sites for hydroxylation is 1. The van der Waals surface area contributed by atoms with Gasteiger partial charge in [-0.1, -0.05) is 36.8 Å². The minimum Gasteiger partial charge on any atom is -0.379 e. The maximum Gasteiger partial charge on any atom is 0.191 e. The van der Waals surface area contributed by atoms with Crippen molar-refractivity contribution in [1.29, 1.82) is 0 Å². The molecule has 2 N–H and O–H groups in total. The molecular formula is C18H32IN3O3S. The smallest absolute Gasteiger partial charge is 0.191 e. The third-order valence-electron chi connectivity index (χ3n) is 3.65. The number of ether oxygens (including phenoxy) is 1. The van der Waals surface area contributed by atoms with Crippen molar-refractivity contribution in [2.45, 2.75) is 26.7 Å². The van der Waals surface area contributed by atoms with Crippen molar-refractivity contribution in [3.8, 4) is 0 Å². The summed E-state index contributed by atoms with van der Waals surface area (Å²) in [4.78, 5) is 4.61. The van der Waals surface area contributed by atoms with Crippen LogP contribution in [0.4, 0.5) is 0 Å². The molecule has 150 valence electrons. The first-order valence-corrected chi connectivity index (χ1v) is 10.7. The van der Waals surface area contributed by atoms with Crippen LogP contribution in [0.1, 0.15) is 30.9 Å². The van der Waals surface area contributed by atoms with Crippen LogP contribution in [0.3, 0.4) is 0 Å². The van der Waals surface area contributed by atoms with Crippen molar-refractivity contribution in [2.24, 2.45) is 4.99 Å². The number of halogens is 1. The van der Waals surface area contributed by atoms with Crippen molar-refractivity contribution in [2.75, 3.05) is 44.9 Å². The normalized spacial score (nSPS) is 13.0. The van der Waals surface area contributed by atoms with E-state index < -0.39 is 9.84 Å². The first-order valence-electron chi connectivity index (χ1n) is 8.66. The van der Waals surface area contributed by atoms with Crippen LogP contribution in [0.5, 0.6) is 0 Å². The molecule has 1 rings (SSSR count). The minimum absolute atomic E-state index is 0. The van der Waals surface area contributed by atoms with Crippen molar-refractivity contribution < 1.29 is 13.2 Å². The topological polar surface area (TPSA) is 79.8 Å². The van der Waals surface area contributed by atoms with E-state index in [1.54, 1.807) is 0 Å². The van der Waals surface area contributed by atoms with Gasteiger partial charge in [0.15, 0.2) is 5.96 Å². The highest BCUT2D eigenvalue weighted by Crippen LogP contribution is 2.15. The van der Waals surface area contributed by atoms with E-state index in [1.807, 2.05) is 6.92 Å². The van der Waals surface area contributed by atoms with E-state index in [2.05, 4.69) is 53.7 Å². The third kappa shape index (κ3) is 11.7. The molecule has 0 aliphatic heterocycles. The Kier molecular flexibility index (Phi) is 12.9. The van der Waals surface area contributed by atoms with E-state index >= 15 is 0 Å². The quantitative estimate of drug-likeness (QED) is 0.225. The summed E-state index contributed by atoms with van der Waals surface area (Å²) in [5, 5.41) is 6.40. The Bertz CT molecular complexity index is 634. The lowest BCUT2D eigenvalue weighted by molar-refractivity contribution is 0.154. The molecule has 0 fully saturated rings. The maximum atomic E-state index is 11.0. The highest BCUT2D eigenvalue weighted by molar-refractivity contribution is 14.0. The van der Waals surface area contributed by atoms with Gasteiger partial charge in [0, 0.05) is 31.8 Å². The van der Waals surface area contributed by atoms with E-state index in [9.17, 15) is 8.42 Å². The molecule has 0 heterocycles. The van der Waals surface area contributed by atoms with Gasteiger partial charge in [0.2, 0.25) is 0 Å². The van der Waals surface area contributed by atoms with Gasteiger partial charge in [-0.25, -0.2) is 8.42 Å². The second-order valence-electron chi connectivity index (χ2n) is 6.20. The van der Waals surface area contributed by atoms with E-state index in [4.69, 9.17) is 4.74 Å². The second-order valence-corrected chi connectivity index (χ2v) is 8.46. The first-order chi connectivity index (χ1) is 11.8. The van der Waals surface area contributed by atoms with Crippen LogP contribution in [0.15, 0.2) is 29.3 Å². The van der Waals surface area contributed by atoms with E-state index in [0.717, 1.165) is 12.5 Å². The Morgan fingerprint density at radius 3 is 2.42 bits per heavy atom. The lowest BCUT2D eigenvalue weighted by Gasteiger charge is -2.14. The largest absolute Gasteiger partial charge is 0.379 e. The number of sulfone groups is 1. The molecule has 1 aromatic rings. The highest BCUT2D eigenvalue weighted by atomic mass is 127. The second kappa shape index (κ2) is 13.3. The predicted molar refractivity (Wildman–Crippen MR) is 120 cm³/mol. The van der Waals surface area contributed by atoms with E-state index in [0.29, 0.717) is 25.6 Å². The number of benzene rings is 1. The van der Waals surface area contributed by atoms with Gasteiger partial charge in [-0.2, -0.15) is 0 Å². The molecular weight excluding hydrogens is 465 g/mol. The number of nitrogens with one attached hydrogen (secondary N) is 2. The predicted octanol–water partition coefficient (Wildman–Crippen LogP) is 2.33. The molecule has 0 spiro atoms.